The zero-order valence-electron chi connectivity index (χ0n) is 11.9. The lowest BCUT2D eigenvalue weighted by molar-refractivity contribution is -0.141. The van der Waals surface area contributed by atoms with Gasteiger partial charge in [0.1, 0.15) is 0 Å². The topological polar surface area (TPSA) is 102 Å². The van der Waals surface area contributed by atoms with E-state index in [4.69, 9.17) is 10.4 Å². The number of carboxylic acids is 1. The number of nitrogens with one attached hydrogen (secondary N) is 2. The molecule has 0 aliphatic heterocycles. The number of rotatable bonds is 7. The van der Waals surface area contributed by atoms with Crippen molar-refractivity contribution < 1.29 is 14.7 Å². The lowest BCUT2D eigenvalue weighted by Gasteiger charge is -2.13. The Hall–Kier alpha value is -2.55. The number of aliphatic carboxylic acids is 1. The fourth-order valence-electron chi connectivity index (χ4n) is 1.82. The molecule has 0 radical (unpaired) electrons. The molecule has 112 valence electrons. The maximum Gasteiger partial charge on any atom is 0.315 e. The highest BCUT2D eigenvalue weighted by molar-refractivity contribution is 5.75. The summed E-state index contributed by atoms with van der Waals surface area (Å²) in [6, 6.07) is 8.49. The number of nitriles is 1. The number of carboxylic acid groups (broad SMARTS) is 1. The minimum Gasteiger partial charge on any atom is -0.481 e. The summed E-state index contributed by atoms with van der Waals surface area (Å²) < 4.78 is 0. The molecule has 3 N–H and O–H groups in total. The SMILES string of the molecule is CCCC(CNC(=O)NCc1ccc(C#N)cc1)C(=O)O. The molecule has 0 bridgehead atoms. The van der Waals surface area contributed by atoms with Gasteiger partial charge in [-0.2, -0.15) is 5.26 Å². The summed E-state index contributed by atoms with van der Waals surface area (Å²) in [7, 11) is 0. The standard InChI is InChI=1S/C15H19N3O3/c1-2-3-13(14(19)20)10-18-15(21)17-9-12-6-4-11(8-16)5-7-12/h4-7,13H,2-3,9-10H2,1H3,(H,19,20)(H2,17,18,21). The Kier molecular flexibility index (Phi) is 6.75. The Morgan fingerprint density at radius 3 is 2.48 bits per heavy atom. The molecule has 1 atom stereocenters. The minimum atomic E-state index is -0.899. The molecule has 0 saturated heterocycles. The molecule has 1 unspecified atom stereocenters. The van der Waals surface area contributed by atoms with E-state index in [0.29, 0.717) is 18.5 Å². The zero-order valence-corrected chi connectivity index (χ0v) is 11.9. The number of hydrogen-bond acceptors (Lipinski definition) is 3. The molecular formula is C15H19N3O3. The molecule has 1 aromatic rings. The monoisotopic (exact) mass is 289 g/mol. The Labute approximate surface area is 123 Å². The first-order chi connectivity index (χ1) is 10.1. The third-order valence-electron chi connectivity index (χ3n) is 3.03. The van der Waals surface area contributed by atoms with Crippen molar-refractivity contribution >= 4 is 12.0 Å². The van der Waals surface area contributed by atoms with Gasteiger partial charge < -0.3 is 15.7 Å². The van der Waals surface area contributed by atoms with Crippen molar-refractivity contribution in [2.75, 3.05) is 6.54 Å². The van der Waals surface area contributed by atoms with Gasteiger partial charge >= 0.3 is 12.0 Å². The first-order valence-corrected chi connectivity index (χ1v) is 6.80. The van der Waals surface area contributed by atoms with E-state index in [2.05, 4.69) is 10.6 Å². The maximum absolute atomic E-state index is 11.6. The number of carbonyl (C=O) groups is 2. The van der Waals surface area contributed by atoms with E-state index in [9.17, 15) is 9.59 Å². The first kappa shape index (κ1) is 16.5. The molecule has 6 heteroatoms. The van der Waals surface area contributed by atoms with Crippen LogP contribution in [0.1, 0.15) is 30.9 Å². The van der Waals surface area contributed by atoms with E-state index < -0.39 is 17.9 Å². The Bertz CT molecular complexity index is 520. The predicted octanol–water partition coefficient (Wildman–Crippen LogP) is 1.86. The smallest absolute Gasteiger partial charge is 0.315 e. The van der Waals surface area contributed by atoms with Gasteiger partial charge in [-0.3, -0.25) is 4.79 Å². The van der Waals surface area contributed by atoms with E-state index in [0.717, 1.165) is 12.0 Å². The van der Waals surface area contributed by atoms with Crippen LogP contribution in [0.2, 0.25) is 0 Å². The van der Waals surface area contributed by atoms with E-state index in [1.165, 1.54) is 0 Å². The van der Waals surface area contributed by atoms with Crippen LogP contribution in [0.5, 0.6) is 0 Å². The highest BCUT2D eigenvalue weighted by atomic mass is 16.4. The molecule has 6 nitrogen and oxygen atoms in total. The van der Waals surface area contributed by atoms with Gasteiger partial charge in [-0.05, 0) is 24.1 Å². The van der Waals surface area contributed by atoms with Crippen LogP contribution >= 0.6 is 0 Å². The van der Waals surface area contributed by atoms with Gasteiger partial charge in [-0.15, -0.1) is 0 Å². The maximum atomic E-state index is 11.6. The summed E-state index contributed by atoms with van der Waals surface area (Å²) in [5, 5.41) is 22.9. The molecule has 21 heavy (non-hydrogen) atoms. The fourth-order valence-corrected chi connectivity index (χ4v) is 1.82. The molecule has 1 aromatic carbocycles. The van der Waals surface area contributed by atoms with Crippen LogP contribution in [-0.4, -0.2) is 23.7 Å². The number of carbonyl (C=O) groups excluding carboxylic acids is 1. The Morgan fingerprint density at radius 2 is 1.95 bits per heavy atom. The normalized spacial score (nSPS) is 11.2. The summed E-state index contributed by atoms with van der Waals surface area (Å²) in [4.78, 5) is 22.5. The van der Waals surface area contributed by atoms with E-state index in [-0.39, 0.29) is 6.54 Å². The predicted molar refractivity (Wildman–Crippen MR) is 77.4 cm³/mol. The van der Waals surface area contributed by atoms with Crippen molar-refractivity contribution in [1.82, 2.24) is 10.6 Å². The van der Waals surface area contributed by atoms with E-state index >= 15 is 0 Å². The third kappa shape index (κ3) is 5.95. The van der Waals surface area contributed by atoms with E-state index in [1.54, 1.807) is 24.3 Å². The Morgan fingerprint density at radius 1 is 1.29 bits per heavy atom. The molecular weight excluding hydrogens is 270 g/mol. The number of benzene rings is 1. The van der Waals surface area contributed by atoms with Gasteiger partial charge in [-0.25, -0.2) is 4.79 Å². The molecule has 0 aliphatic carbocycles. The van der Waals surface area contributed by atoms with Crippen LogP contribution in [-0.2, 0) is 11.3 Å². The average molecular weight is 289 g/mol. The van der Waals surface area contributed by atoms with Crippen molar-refractivity contribution in [3.8, 4) is 6.07 Å². The molecule has 0 spiro atoms. The van der Waals surface area contributed by atoms with Crippen LogP contribution in [0.15, 0.2) is 24.3 Å². The molecule has 0 heterocycles. The second-order valence-electron chi connectivity index (χ2n) is 4.70. The van der Waals surface area contributed by atoms with Gasteiger partial charge in [0.05, 0.1) is 17.6 Å². The van der Waals surface area contributed by atoms with Gasteiger partial charge in [0, 0.05) is 13.1 Å². The number of nitrogens with zero attached hydrogens (tertiary/aromatic N) is 1. The fraction of sp³-hybridized carbons (Fsp3) is 0.400. The second kappa shape index (κ2) is 8.59. The highest BCUT2D eigenvalue weighted by Gasteiger charge is 2.16. The summed E-state index contributed by atoms with van der Waals surface area (Å²) in [6.45, 7) is 2.34. The highest BCUT2D eigenvalue weighted by Crippen LogP contribution is 2.05. The summed E-state index contributed by atoms with van der Waals surface area (Å²) in [5.74, 6) is -1.46. The van der Waals surface area contributed by atoms with Gasteiger partial charge in [0.2, 0.25) is 0 Å². The molecule has 0 saturated carbocycles. The second-order valence-corrected chi connectivity index (χ2v) is 4.70. The van der Waals surface area contributed by atoms with Crippen LogP contribution in [0.4, 0.5) is 4.79 Å². The first-order valence-electron chi connectivity index (χ1n) is 6.80. The van der Waals surface area contributed by atoms with Crippen molar-refractivity contribution in [3.05, 3.63) is 35.4 Å². The molecule has 0 aliphatic rings. The molecule has 2 amide bonds. The molecule has 0 aromatic heterocycles. The molecule has 0 fully saturated rings. The summed E-state index contributed by atoms with van der Waals surface area (Å²) in [6.07, 6.45) is 1.29. The molecule has 1 rings (SSSR count). The van der Waals surface area contributed by atoms with Gasteiger partial charge in [0.15, 0.2) is 0 Å². The largest absolute Gasteiger partial charge is 0.481 e. The van der Waals surface area contributed by atoms with Crippen LogP contribution in [0, 0.1) is 17.2 Å². The van der Waals surface area contributed by atoms with Crippen molar-refractivity contribution in [2.24, 2.45) is 5.92 Å². The van der Waals surface area contributed by atoms with Crippen molar-refractivity contribution in [3.63, 3.8) is 0 Å². The lowest BCUT2D eigenvalue weighted by atomic mass is 10.0. The quantitative estimate of drug-likeness (QED) is 0.713. The number of urea groups is 1. The van der Waals surface area contributed by atoms with Crippen LogP contribution in [0.3, 0.4) is 0 Å². The Balaban J connectivity index is 2.36. The van der Waals surface area contributed by atoms with Gasteiger partial charge in [-0.1, -0.05) is 25.5 Å². The van der Waals surface area contributed by atoms with Crippen LogP contribution in [0.25, 0.3) is 0 Å². The summed E-state index contributed by atoms with van der Waals surface area (Å²) >= 11 is 0. The van der Waals surface area contributed by atoms with Crippen LogP contribution < -0.4 is 10.6 Å². The minimum absolute atomic E-state index is 0.113. The lowest BCUT2D eigenvalue weighted by Crippen LogP contribution is -2.39. The van der Waals surface area contributed by atoms with Crippen molar-refractivity contribution in [1.29, 1.82) is 5.26 Å². The average Bonchev–Trinajstić information content (AvgIpc) is 2.49. The van der Waals surface area contributed by atoms with Crippen molar-refractivity contribution in [2.45, 2.75) is 26.3 Å². The van der Waals surface area contributed by atoms with E-state index in [1.807, 2.05) is 13.0 Å². The number of amides is 2. The number of hydrogen-bond donors (Lipinski definition) is 3. The van der Waals surface area contributed by atoms with Gasteiger partial charge in [0.25, 0.3) is 0 Å². The summed E-state index contributed by atoms with van der Waals surface area (Å²) in [5.41, 5.74) is 1.43. The third-order valence-corrected chi connectivity index (χ3v) is 3.03. The zero-order chi connectivity index (χ0) is 15.7.